The third-order valence-corrected chi connectivity index (χ3v) is 2.50. The van der Waals surface area contributed by atoms with Crippen LogP contribution in [0.2, 0.25) is 0 Å². The van der Waals surface area contributed by atoms with Crippen molar-refractivity contribution in [1.82, 2.24) is 4.98 Å². The summed E-state index contributed by atoms with van der Waals surface area (Å²) in [6.45, 7) is 4.19. The molecule has 1 aromatic carbocycles. The van der Waals surface area contributed by atoms with Crippen LogP contribution in [0.5, 0.6) is 5.75 Å². The lowest BCUT2D eigenvalue weighted by Crippen LogP contribution is -2.10. The third kappa shape index (κ3) is 2.09. The van der Waals surface area contributed by atoms with Gasteiger partial charge in [0, 0.05) is 11.6 Å². The fourth-order valence-corrected chi connectivity index (χ4v) is 1.47. The number of hydrogen-bond donors (Lipinski definition) is 0. The number of rotatable bonds is 3. The summed E-state index contributed by atoms with van der Waals surface area (Å²) in [5.74, 6) is 0.877. The predicted molar refractivity (Wildman–Crippen MR) is 62.1 cm³/mol. The second-order valence-electron chi connectivity index (χ2n) is 3.67. The van der Waals surface area contributed by atoms with E-state index in [1.807, 2.05) is 30.3 Å². The van der Waals surface area contributed by atoms with Crippen molar-refractivity contribution < 1.29 is 4.74 Å². The first kappa shape index (κ1) is 9.97. The Hall–Kier alpha value is -1.57. The molecule has 1 heterocycles. The highest BCUT2D eigenvalue weighted by atomic mass is 16.5. The van der Waals surface area contributed by atoms with Crippen molar-refractivity contribution in [3.8, 4) is 5.75 Å². The van der Waals surface area contributed by atoms with Crippen LogP contribution >= 0.6 is 0 Å². The summed E-state index contributed by atoms with van der Waals surface area (Å²) in [4.78, 5) is 4.34. The summed E-state index contributed by atoms with van der Waals surface area (Å²) in [6, 6.07) is 10.0. The van der Waals surface area contributed by atoms with Gasteiger partial charge in [-0.05, 0) is 25.5 Å². The molecule has 2 heteroatoms. The van der Waals surface area contributed by atoms with E-state index in [9.17, 15) is 0 Å². The Morgan fingerprint density at radius 3 is 2.87 bits per heavy atom. The molecule has 0 saturated carbocycles. The lowest BCUT2D eigenvalue weighted by Gasteiger charge is -2.13. The average molecular weight is 201 g/mol. The molecule has 0 radical (unpaired) electrons. The maximum Gasteiger partial charge on any atom is 0.145 e. The Bertz CT molecular complexity index is 448. The Labute approximate surface area is 89.9 Å². The van der Waals surface area contributed by atoms with Crippen molar-refractivity contribution in [2.75, 3.05) is 0 Å². The van der Waals surface area contributed by atoms with Gasteiger partial charge < -0.3 is 4.74 Å². The Morgan fingerprint density at radius 1 is 1.27 bits per heavy atom. The van der Waals surface area contributed by atoms with Gasteiger partial charge in [-0.2, -0.15) is 0 Å². The number of fused-ring (bicyclic) bond motifs is 1. The van der Waals surface area contributed by atoms with Gasteiger partial charge in [0.25, 0.3) is 0 Å². The van der Waals surface area contributed by atoms with Crippen LogP contribution in [0.3, 0.4) is 0 Å². The Morgan fingerprint density at radius 2 is 2.07 bits per heavy atom. The van der Waals surface area contributed by atoms with Crippen LogP contribution in [0, 0.1) is 0 Å². The molecule has 0 saturated heterocycles. The first-order valence-electron chi connectivity index (χ1n) is 5.31. The maximum absolute atomic E-state index is 5.81. The smallest absolute Gasteiger partial charge is 0.145 e. The quantitative estimate of drug-likeness (QED) is 0.759. The molecule has 0 aliphatic rings. The van der Waals surface area contributed by atoms with Crippen molar-refractivity contribution in [1.29, 1.82) is 0 Å². The van der Waals surface area contributed by atoms with Crippen LogP contribution in [0.1, 0.15) is 20.3 Å². The van der Waals surface area contributed by atoms with Gasteiger partial charge in [-0.15, -0.1) is 0 Å². The third-order valence-electron chi connectivity index (χ3n) is 2.50. The summed E-state index contributed by atoms with van der Waals surface area (Å²) in [7, 11) is 0. The van der Waals surface area contributed by atoms with Crippen LogP contribution in [-0.2, 0) is 0 Å². The lowest BCUT2D eigenvalue weighted by atomic mass is 10.2. The lowest BCUT2D eigenvalue weighted by molar-refractivity contribution is 0.220. The van der Waals surface area contributed by atoms with E-state index in [0.29, 0.717) is 0 Å². The Kier molecular flexibility index (Phi) is 2.86. The zero-order valence-electron chi connectivity index (χ0n) is 9.10. The molecule has 2 nitrogen and oxygen atoms in total. The molecule has 0 amide bonds. The number of aromatic nitrogens is 1. The average Bonchev–Trinajstić information content (AvgIpc) is 2.29. The van der Waals surface area contributed by atoms with E-state index in [4.69, 9.17) is 4.74 Å². The highest BCUT2D eigenvalue weighted by Gasteiger charge is 2.05. The molecular weight excluding hydrogens is 186 g/mol. The number of pyridine rings is 1. The normalized spacial score (nSPS) is 12.7. The van der Waals surface area contributed by atoms with Gasteiger partial charge in [-0.25, -0.2) is 0 Å². The fourth-order valence-electron chi connectivity index (χ4n) is 1.47. The molecule has 0 fully saturated rings. The summed E-state index contributed by atoms with van der Waals surface area (Å²) >= 11 is 0. The van der Waals surface area contributed by atoms with Gasteiger partial charge in [-0.3, -0.25) is 4.98 Å². The van der Waals surface area contributed by atoms with Crippen LogP contribution in [0.25, 0.3) is 10.9 Å². The zero-order valence-corrected chi connectivity index (χ0v) is 9.10. The van der Waals surface area contributed by atoms with Gasteiger partial charge >= 0.3 is 0 Å². The van der Waals surface area contributed by atoms with Crippen LogP contribution in [0.4, 0.5) is 0 Å². The fraction of sp³-hybridized carbons (Fsp3) is 0.308. The molecule has 2 aromatic rings. The van der Waals surface area contributed by atoms with E-state index in [1.165, 1.54) is 0 Å². The molecule has 1 aromatic heterocycles. The van der Waals surface area contributed by atoms with Crippen LogP contribution < -0.4 is 4.74 Å². The van der Waals surface area contributed by atoms with Gasteiger partial charge in [0.05, 0.1) is 6.10 Å². The molecule has 2 rings (SSSR count). The highest BCUT2D eigenvalue weighted by Crippen LogP contribution is 2.24. The summed E-state index contributed by atoms with van der Waals surface area (Å²) in [5.41, 5.74) is 0.945. The van der Waals surface area contributed by atoms with Crippen LogP contribution in [-0.4, -0.2) is 11.1 Å². The molecule has 1 unspecified atom stereocenters. The molecular formula is C13H15NO. The number of nitrogens with zero attached hydrogens (tertiary/aromatic N) is 1. The minimum absolute atomic E-state index is 0.234. The van der Waals surface area contributed by atoms with E-state index < -0.39 is 0 Å². The van der Waals surface area contributed by atoms with Gasteiger partial charge in [-0.1, -0.05) is 25.1 Å². The van der Waals surface area contributed by atoms with Gasteiger partial charge in [0.2, 0.25) is 0 Å². The molecule has 78 valence electrons. The van der Waals surface area contributed by atoms with E-state index >= 15 is 0 Å². The second-order valence-corrected chi connectivity index (χ2v) is 3.67. The molecule has 0 aliphatic carbocycles. The molecule has 0 aliphatic heterocycles. The topological polar surface area (TPSA) is 22.1 Å². The van der Waals surface area contributed by atoms with Gasteiger partial charge in [0.15, 0.2) is 0 Å². The van der Waals surface area contributed by atoms with Crippen LogP contribution in [0.15, 0.2) is 36.5 Å². The van der Waals surface area contributed by atoms with Crippen molar-refractivity contribution in [3.05, 3.63) is 36.5 Å². The number of hydrogen-bond acceptors (Lipinski definition) is 2. The maximum atomic E-state index is 5.81. The number of para-hydroxylation sites is 1. The minimum Gasteiger partial charge on any atom is -0.488 e. The van der Waals surface area contributed by atoms with Gasteiger partial charge in [0.1, 0.15) is 11.3 Å². The predicted octanol–water partition coefficient (Wildman–Crippen LogP) is 3.41. The largest absolute Gasteiger partial charge is 0.488 e. The molecule has 15 heavy (non-hydrogen) atoms. The first-order valence-corrected chi connectivity index (χ1v) is 5.31. The van der Waals surface area contributed by atoms with Crippen molar-refractivity contribution >= 4 is 10.9 Å². The van der Waals surface area contributed by atoms with E-state index in [-0.39, 0.29) is 6.10 Å². The highest BCUT2D eigenvalue weighted by molar-refractivity contribution is 5.84. The molecule has 0 spiro atoms. The standard InChI is InChI=1S/C13H15NO/c1-3-10(2)15-12-8-4-6-11-7-5-9-14-13(11)12/h4-10H,3H2,1-2H3. The van der Waals surface area contributed by atoms with Crippen molar-refractivity contribution in [2.24, 2.45) is 0 Å². The summed E-state index contributed by atoms with van der Waals surface area (Å²) in [6.07, 6.45) is 3.03. The second kappa shape index (κ2) is 4.30. The monoisotopic (exact) mass is 201 g/mol. The van der Waals surface area contributed by atoms with E-state index in [0.717, 1.165) is 23.1 Å². The van der Waals surface area contributed by atoms with E-state index in [1.54, 1.807) is 6.20 Å². The number of ether oxygens (including phenoxy) is 1. The molecule has 1 atom stereocenters. The molecule has 0 bridgehead atoms. The number of benzene rings is 1. The Balaban J connectivity index is 2.42. The van der Waals surface area contributed by atoms with Crippen molar-refractivity contribution in [3.63, 3.8) is 0 Å². The van der Waals surface area contributed by atoms with E-state index in [2.05, 4.69) is 18.8 Å². The minimum atomic E-state index is 0.234. The molecule has 0 N–H and O–H groups in total. The zero-order chi connectivity index (χ0) is 10.7. The summed E-state index contributed by atoms with van der Waals surface area (Å²) < 4.78 is 5.81. The van der Waals surface area contributed by atoms with Crippen molar-refractivity contribution in [2.45, 2.75) is 26.4 Å². The summed E-state index contributed by atoms with van der Waals surface area (Å²) in [5, 5.41) is 1.12. The SMILES string of the molecule is CCC(C)Oc1cccc2cccnc12. The first-order chi connectivity index (χ1) is 7.31.